The Morgan fingerprint density at radius 2 is 1.96 bits per heavy atom. The van der Waals surface area contributed by atoms with Gasteiger partial charge in [-0.2, -0.15) is 5.10 Å². The van der Waals surface area contributed by atoms with Crippen LogP contribution in [0.3, 0.4) is 0 Å². The molecule has 28 heavy (non-hydrogen) atoms. The number of piperazine rings is 1. The number of pyridine rings is 2. The zero-order chi connectivity index (χ0) is 19.8. The zero-order valence-electron chi connectivity index (χ0n) is 16.3. The van der Waals surface area contributed by atoms with Gasteiger partial charge >= 0.3 is 0 Å². The molecule has 3 heterocycles. The van der Waals surface area contributed by atoms with Gasteiger partial charge in [0.25, 0.3) is 0 Å². The Balaban J connectivity index is 0.00000300. The van der Waals surface area contributed by atoms with Crippen LogP contribution < -0.4 is 15.1 Å². The van der Waals surface area contributed by atoms with Gasteiger partial charge in [0.05, 0.1) is 12.8 Å². The Kier molecular flexibility index (Phi) is 7.13. The molecule has 1 fully saturated rings. The van der Waals surface area contributed by atoms with E-state index in [-0.39, 0.29) is 1.43 Å². The summed E-state index contributed by atoms with van der Waals surface area (Å²) in [4.78, 5) is 13.3. The Bertz CT molecular complexity index is 812. The normalized spacial score (nSPS) is 14.7. The number of thiocarbonyl (C=S) groups is 1. The number of hydrogen-bond donors (Lipinski definition) is 1. The van der Waals surface area contributed by atoms with Gasteiger partial charge in [0.15, 0.2) is 5.11 Å². The van der Waals surface area contributed by atoms with E-state index >= 15 is 0 Å². The van der Waals surface area contributed by atoms with Crippen molar-refractivity contribution in [3.8, 4) is 5.75 Å². The van der Waals surface area contributed by atoms with Crippen molar-refractivity contribution >= 4 is 28.9 Å². The summed E-state index contributed by atoms with van der Waals surface area (Å²) >= 11 is 5.56. The molecule has 0 spiro atoms. The van der Waals surface area contributed by atoms with E-state index in [9.17, 15) is 0 Å². The van der Waals surface area contributed by atoms with E-state index in [1.54, 1.807) is 13.3 Å². The smallest absolute Gasteiger partial charge is 0.189 e. The summed E-state index contributed by atoms with van der Waals surface area (Å²) in [5.41, 5.74) is 4.65. The number of methoxy groups -OCH3 is 1. The standard InChI is InChI=1S/C20H26N6OS.H2/c1-3-7-16(19-17(27-2)8-6-11-22-19)23-24-20(28)26-14-12-25(13-15-26)18-9-4-5-10-21-18;/h4-6,8-11H,3,7,12-15H2,1-2H3,(H,24,28);1H/b23-16-;. The Morgan fingerprint density at radius 1 is 1.18 bits per heavy atom. The molecule has 150 valence electrons. The second-order valence-corrected chi connectivity index (χ2v) is 6.83. The average molecular weight is 401 g/mol. The third-order valence-electron chi connectivity index (χ3n) is 4.58. The number of anilines is 1. The lowest BCUT2D eigenvalue weighted by molar-refractivity contribution is 0.380. The molecule has 2 aromatic rings. The summed E-state index contributed by atoms with van der Waals surface area (Å²) in [6.07, 6.45) is 5.31. The van der Waals surface area contributed by atoms with Crippen LogP contribution in [-0.4, -0.2) is 59.0 Å². The minimum atomic E-state index is 0. The lowest BCUT2D eigenvalue weighted by Crippen LogP contribution is -2.51. The molecule has 3 rings (SSSR count). The van der Waals surface area contributed by atoms with Gasteiger partial charge in [-0.25, -0.2) is 4.98 Å². The fourth-order valence-electron chi connectivity index (χ4n) is 3.10. The Morgan fingerprint density at radius 3 is 2.64 bits per heavy atom. The second kappa shape index (κ2) is 9.98. The van der Waals surface area contributed by atoms with Gasteiger partial charge in [0.2, 0.25) is 0 Å². The van der Waals surface area contributed by atoms with Crippen LogP contribution in [0.15, 0.2) is 47.8 Å². The molecule has 1 aliphatic rings. The van der Waals surface area contributed by atoms with Crippen LogP contribution in [0.1, 0.15) is 26.9 Å². The van der Waals surface area contributed by atoms with E-state index in [1.165, 1.54) is 0 Å². The highest BCUT2D eigenvalue weighted by atomic mass is 32.1. The third-order valence-corrected chi connectivity index (χ3v) is 4.93. The molecule has 0 aliphatic carbocycles. The summed E-state index contributed by atoms with van der Waals surface area (Å²) in [6, 6.07) is 9.72. The lowest BCUT2D eigenvalue weighted by Gasteiger charge is -2.36. The van der Waals surface area contributed by atoms with Crippen molar-refractivity contribution < 1.29 is 6.16 Å². The van der Waals surface area contributed by atoms with Gasteiger partial charge in [-0.1, -0.05) is 19.4 Å². The maximum atomic E-state index is 5.56. The molecule has 8 heteroatoms. The Labute approximate surface area is 172 Å². The molecule has 0 bridgehead atoms. The summed E-state index contributed by atoms with van der Waals surface area (Å²) in [6.45, 7) is 5.51. The van der Waals surface area contributed by atoms with Gasteiger partial charge in [-0.05, 0) is 42.9 Å². The SMILES string of the molecule is CCC/C(=N/NC(=S)N1CCN(c2ccccn2)CC1)c1ncccc1OC.[HH]. The first kappa shape index (κ1) is 20.0. The number of ether oxygens (including phenoxy) is 1. The van der Waals surface area contributed by atoms with Crippen LogP contribution in [0.4, 0.5) is 5.82 Å². The van der Waals surface area contributed by atoms with Gasteiger partial charge in [0, 0.05) is 40.0 Å². The zero-order valence-corrected chi connectivity index (χ0v) is 17.2. The maximum Gasteiger partial charge on any atom is 0.189 e. The summed E-state index contributed by atoms with van der Waals surface area (Å²) in [5.74, 6) is 1.72. The summed E-state index contributed by atoms with van der Waals surface area (Å²) in [5, 5.41) is 5.19. The van der Waals surface area contributed by atoms with Crippen molar-refractivity contribution in [1.29, 1.82) is 0 Å². The van der Waals surface area contributed by atoms with Crippen LogP contribution in [0, 0.1) is 0 Å². The number of hydrazone groups is 1. The Hall–Kier alpha value is -2.74. The van der Waals surface area contributed by atoms with E-state index in [4.69, 9.17) is 17.0 Å². The highest BCUT2D eigenvalue weighted by molar-refractivity contribution is 7.80. The van der Waals surface area contributed by atoms with E-state index in [2.05, 4.69) is 37.2 Å². The topological polar surface area (TPSA) is 65.9 Å². The van der Waals surface area contributed by atoms with Crippen LogP contribution in [0.5, 0.6) is 5.75 Å². The average Bonchev–Trinajstić information content (AvgIpc) is 2.77. The molecule has 7 nitrogen and oxygen atoms in total. The summed E-state index contributed by atoms with van der Waals surface area (Å²) in [7, 11) is 1.64. The molecule has 2 aromatic heterocycles. The van der Waals surface area contributed by atoms with Crippen molar-refractivity contribution in [2.45, 2.75) is 19.8 Å². The molecule has 0 saturated carbocycles. The molecule has 0 unspecified atom stereocenters. The third kappa shape index (κ3) is 4.95. The quantitative estimate of drug-likeness (QED) is 0.454. The first-order valence-corrected chi connectivity index (χ1v) is 9.90. The molecule has 1 aliphatic heterocycles. The molecule has 0 amide bonds. The van der Waals surface area contributed by atoms with Gasteiger partial charge < -0.3 is 14.5 Å². The number of hydrogen-bond acceptors (Lipinski definition) is 6. The number of nitrogens with zero attached hydrogens (tertiary/aromatic N) is 5. The monoisotopic (exact) mass is 400 g/mol. The van der Waals surface area contributed by atoms with E-state index < -0.39 is 0 Å². The maximum absolute atomic E-state index is 5.56. The van der Waals surface area contributed by atoms with Gasteiger partial charge in [-0.15, -0.1) is 0 Å². The minimum Gasteiger partial charge on any atom is -0.494 e. The van der Waals surface area contributed by atoms with Crippen molar-refractivity contribution in [2.24, 2.45) is 5.10 Å². The van der Waals surface area contributed by atoms with Crippen LogP contribution >= 0.6 is 12.2 Å². The van der Waals surface area contributed by atoms with Crippen LogP contribution in [-0.2, 0) is 0 Å². The number of nitrogens with one attached hydrogen (secondary N) is 1. The van der Waals surface area contributed by atoms with E-state index in [1.807, 2.05) is 36.5 Å². The molecular weight excluding hydrogens is 372 g/mol. The van der Waals surface area contributed by atoms with E-state index in [0.717, 1.165) is 56.2 Å². The molecular formula is C20H28N6OS. The van der Waals surface area contributed by atoms with Crippen molar-refractivity contribution in [2.75, 3.05) is 38.2 Å². The van der Waals surface area contributed by atoms with Gasteiger partial charge in [-0.3, -0.25) is 10.4 Å². The highest BCUT2D eigenvalue weighted by Crippen LogP contribution is 2.18. The predicted molar refractivity (Wildman–Crippen MR) is 118 cm³/mol. The first-order chi connectivity index (χ1) is 13.7. The van der Waals surface area contributed by atoms with Crippen LogP contribution in [0.2, 0.25) is 0 Å². The fraction of sp³-hybridized carbons (Fsp3) is 0.400. The van der Waals surface area contributed by atoms with E-state index in [0.29, 0.717) is 10.9 Å². The number of aromatic nitrogens is 2. The first-order valence-electron chi connectivity index (χ1n) is 9.49. The van der Waals surface area contributed by atoms with Gasteiger partial charge in [0.1, 0.15) is 17.3 Å². The highest BCUT2D eigenvalue weighted by Gasteiger charge is 2.20. The van der Waals surface area contributed by atoms with Crippen molar-refractivity contribution in [3.05, 3.63) is 48.4 Å². The van der Waals surface area contributed by atoms with Crippen molar-refractivity contribution in [1.82, 2.24) is 20.3 Å². The minimum absolute atomic E-state index is 0. The largest absolute Gasteiger partial charge is 0.494 e. The molecule has 0 radical (unpaired) electrons. The summed E-state index contributed by atoms with van der Waals surface area (Å²) < 4.78 is 5.42. The lowest BCUT2D eigenvalue weighted by atomic mass is 10.1. The fourth-order valence-corrected chi connectivity index (χ4v) is 3.33. The molecule has 0 atom stereocenters. The number of rotatable bonds is 6. The van der Waals surface area contributed by atoms with Crippen molar-refractivity contribution in [3.63, 3.8) is 0 Å². The molecule has 1 saturated heterocycles. The molecule has 1 N–H and O–H groups in total. The predicted octanol–water partition coefficient (Wildman–Crippen LogP) is 2.93. The molecule has 0 aromatic carbocycles. The van der Waals surface area contributed by atoms with Crippen LogP contribution in [0.25, 0.3) is 0 Å². The second-order valence-electron chi connectivity index (χ2n) is 6.44.